The topological polar surface area (TPSA) is 74.7 Å². The van der Waals surface area contributed by atoms with Crippen molar-refractivity contribution in [3.63, 3.8) is 0 Å². The predicted octanol–water partition coefficient (Wildman–Crippen LogP) is 1.88. The molecule has 0 atom stereocenters. The Bertz CT molecular complexity index is 702. The summed E-state index contributed by atoms with van der Waals surface area (Å²) in [5, 5.41) is 11.8. The number of hydrogen-bond acceptors (Lipinski definition) is 4. The van der Waals surface area contributed by atoms with Crippen LogP contribution in [-0.2, 0) is 13.0 Å². The maximum Gasteiger partial charge on any atom is 0.189 e. The second kappa shape index (κ2) is 5.40. The van der Waals surface area contributed by atoms with E-state index in [4.69, 9.17) is 10.9 Å². The summed E-state index contributed by atoms with van der Waals surface area (Å²) >= 11 is 0. The molecule has 1 aliphatic rings. The molecular weight excluding hydrogens is 271 g/mol. The average Bonchev–Trinajstić information content (AvgIpc) is 2.89. The van der Waals surface area contributed by atoms with Crippen LogP contribution in [0.25, 0.3) is 0 Å². The molecule has 0 fully saturated rings. The molecule has 6 heteroatoms. The largest absolute Gasteiger partial charge is 0.409 e. The van der Waals surface area contributed by atoms with E-state index in [0.717, 1.165) is 29.8 Å². The number of oxime groups is 1. The van der Waals surface area contributed by atoms with Gasteiger partial charge in [-0.25, -0.2) is 4.39 Å². The monoisotopic (exact) mass is 286 g/mol. The lowest BCUT2D eigenvalue weighted by Crippen LogP contribution is -2.24. The van der Waals surface area contributed by atoms with Crippen molar-refractivity contribution in [1.82, 2.24) is 4.98 Å². The Morgan fingerprint density at radius 2 is 2.29 bits per heavy atom. The van der Waals surface area contributed by atoms with Gasteiger partial charge >= 0.3 is 0 Å². The fourth-order valence-electron chi connectivity index (χ4n) is 2.63. The molecule has 3 rings (SSSR count). The Kier molecular flexibility index (Phi) is 3.43. The van der Waals surface area contributed by atoms with Crippen molar-refractivity contribution < 1.29 is 9.60 Å². The summed E-state index contributed by atoms with van der Waals surface area (Å²) in [4.78, 5) is 6.22. The molecular formula is C15H15FN4O. The molecule has 0 amide bonds. The minimum absolute atomic E-state index is 0.0238. The van der Waals surface area contributed by atoms with Crippen LogP contribution in [0.5, 0.6) is 0 Å². The fraction of sp³-hybridized carbons (Fsp3) is 0.200. The van der Waals surface area contributed by atoms with Gasteiger partial charge in [-0.15, -0.1) is 0 Å². The first-order valence-corrected chi connectivity index (χ1v) is 6.64. The molecule has 2 heterocycles. The number of nitrogens with zero attached hydrogens (tertiary/aromatic N) is 3. The summed E-state index contributed by atoms with van der Waals surface area (Å²) in [5.74, 6) is -0.271. The van der Waals surface area contributed by atoms with Gasteiger partial charge in [0.15, 0.2) is 5.84 Å². The third kappa shape index (κ3) is 2.52. The first kappa shape index (κ1) is 13.4. The van der Waals surface area contributed by atoms with E-state index in [9.17, 15) is 4.39 Å². The summed E-state index contributed by atoms with van der Waals surface area (Å²) in [6.07, 6.45) is 2.48. The van der Waals surface area contributed by atoms with Crippen LogP contribution in [0.4, 0.5) is 10.1 Å². The third-order valence-electron chi connectivity index (χ3n) is 3.64. The number of benzene rings is 1. The van der Waals surface area contributed by atoms with Crippen molar-refractivity contribution >= 4 is 11.5 Å². The molecule has 0 spiro atoms. The zero-order valence-corrected chi connectivity index (χ0v) is 11.3. The highest BCUT2D eigenvalue weighted by Crippen LogP contribution is 2.30. The summed E-state index contributed by atoms with van der Waals surface area (Å²) in [6, 6.07) is 8.51. The number of nitrogens with two attached hydrogens (primary N) is 1. The summed E-state index contributed by atoms with van der Waals surface area (Å²) in [5.41, 5.74) is 8.96. The van der Waals surface area contributed by atoms with Gasteiger partial charge in [0.1, 0.15) is 11.5 Å². The molecule has 0 saturated carbocycles. The standard InChI is InChI=1S/C15H15FN4O/c16-12-4-3-10-5-7-20(13(10)8-12)9-11-2-1-6-18-14(11)15(17)19-21/h1-4,6,8,21H,5,7,9H2,(H2,17,19). The number of halogens is 1. The summed E-state index contributed by atoms with van der Waals surface area (Å²) in [7, 11) is 0. The van der Waals surface area contributed by atoms with E-state index in [2.05, 4.69) is 15.0 Å². The summed E-state index contributed by atoms with van der Waals surface area (Å²) in [6.45, 7) is 1.35. The Balaban J connectivity index is 1.92. The third-order valence-corrected chi connectivity index (χ3v) is 3.64. The lowest BCUT2D eigenvalue weighted by Gasteiger charge is -2.20. The van der Waals surface area contributed by atoms with Gasteiger partial charge in [-0.05, 0) is 30.2 Å². The predicted molar refractivity (Wildman–Crippen MR) is 77.9 cm³/mol. The van der Waals surface area contributed by atoms with Gasteiger partial charge in [0.2, 0.25) is 0 Å². The van der Waals surface area contributed by atoms with E-state index >= 15 is 0 Å². The lowest BCUT2D eigenvalue weighted by atomic mass is 10.1. The molecule has 0 bridgehead atoms. The maximum absolute atomic E-state index is 13.4. The number of rotatable bonds is 3. The summed E-state index contributed by atoms with van der Waals surface area (Å²) < 4.78 is 13.4. The first-order valence-electron chi connectivity index (χ1n) is 6.64. The minimum Gasteiger partial charge on any atom is -0.409 e. The number of aromatic nitrogens is 1. The van der Waals surface area contributed by atoms with Crippen molar-refractivity contribution in [3.8, 4) is 0 Å². The Morgan fingerprint density at radius 3 is 3.10 bits per heavy atom. The van der Waals surface area contributed by atoms with Gasteiger partial charge in [-0.3, -0.25) is 4.98 Å². The van der Waals surface area contributed by atoms with E-state index in [1.165, 1.54) is 6.07 Å². The van der Waals surface area contributed by atoms with Gasteiger partial charge in [-0.1, -0.05) is 17.3 Å². The van der Waals surface area contributed by atoms with Gasteiger partial charge < -0.3 is 15.8 Å². The van der Waals surface area contributed by atoms with E-state index in [1.807, 2.05) is 12.1 Å². The molecule has 1 aliphatic heterocycles. The smallest absolute Gasteiger partial charge is 0.189 e. The Morgan fingerprint density at radius 1 is 1.43 bits per heavy atom. The van der Waals surface area contributed by atoms with E-state index in [1.54, 1.807) is 18.3 Å². The van der Waals surface area contributed by atoms with Crippen LogP contribution in [0.15, 0.2) is 41.7 Å². The highest BCUT2D eigenvalue weighted by Gasteiger charge is 2.21. The molecule has 0 radical (unpaired) electrons. The van der Waals surface area contributed by atoms with Crippen molar-refractivity contribution in [2.45, 2.75) is 13.0 Å². The highest BCUT2D eigenvalue weighted by molar-refractivity contribution is 5.96. The number of hydrogen-bond donors (Lipinski definition) is 2. The van der Waals surface area contributed by atoms with Crippen LogP contribution in [0.1, 0.15) is 16.8 Å². The molecule has 21 heavy (non-hydrogen) atoms. The number of fused-ring (bicyclic) bond motifs is 1. The zero-order chi connectivity index (χ0) is 14.8. The van der Waals surface area contributed by atoms with Crippen molar-refractivity contribution in [3.05, 3.63) is 59.2 Å². The Labute approximate surface area is 121 Å². The first-order chi connectivity index (χ1) is 10.2. The fourth-order valence-corrected chi connectivity index (χ4v) is 2.63. The van der Waals surface area contributed by atoms with E-state index in [-0.39, 0.29) is 11.7 Å². The van der Waals surface area contributed by atoms with Crippen molar-refractivity contribution in [2.75, 3.05) is 11.4 Å². The van der Waals surface area contributed by atoms with Crippen LogP contribution in [-0.4, -0.2) is 22.6 Å². The number of amidine groups is 1. The van der Waals surface area contributed by atoms with Gasteiger partial charge in [0.05, 0.1) is 0 Å². The average molecular weight is 286 g/mol. The van der Waals surface area contributed by atoms with Crippen LogP contribution >= 0.6 is 0 Å². The lowest BCUT2D eigenvalue weighted by molar-refractivity contribution is 0.318. The van der Waals surface area contributed by atoms with Gasteiger partial charge in [0.25, 0.3) is 0 Å². The quantitative estimate of drug-likeness (QED) is 0.391. The van der Waals surface area contributed by atoms with Crippen molar-refractivity contribution in [2.24, 2.45) is 10.9 Å². The molecule has 1 aromatic heterocycles. The molecule has 0 unspecified atom stereocenters. The van der Waals surface area contributed by atoms with E-state index < -0.39 is 0 Å². The molecule has 0 saturated heterocycles. The zero-order valence-electron chi connectivity index (χ0n) is 11.3. The van der Waals surface area contributed by atoms with Gasteiger partial charge in [-0.2, -0.15) is 0 Å². The Hall–Kier alpha value is -2.63. The van der Waals surface area contributed by atoms with Crippen LogP contribution in [0.2, 0.25) is 0 Å². The van der Waals surface area contributed by atoms with Crippen LogP contribution in [0, 0.1) is 5.82 Å². The SMILES string of the molecule is N/C(=N/O)c1ncccc1CN1CCc2ccc(F)cc21. The number of anilines is 1. The van der Waals surface area contributed by atoms with Crippen LogP contribution < -0.4 is 10.6 Å². The van der Waals surface area contributed by atoms with E-state index in [0.29, 0.717) is 12.2 Å². The maximum atomic E-state index is 13.4. The molecule has 3 N–H and O–H groups in total. The molecule has 1 aromatic carbocycles. The molecule has 2 aromatic rings. The second-order valence-corrected chi connectivity index (χ2v) is 4.94. The molecule has 0 aliphatic carbocycles. The molecule has 108 valence electrons. The normalized spacial score (nSPS) is 14.3. The van der Waals surface area contributed by atoms with Crippen molar-refractivity contribution in [1.29, 1.82) is 0 Å². The minimum atomic E-state index is -0.247. The van der Waals surface area contributed by atoms with Crippen LogP contribution in [0.3, 0.4) is 0 Å². The second-order valence-electron chi connectivity index (χ2n) is 4.94. The molecule has 5 nitrogen and oxygen atoms in total. The van der Waals surface area contributed by atoms with Gasteiger partial charge in [0, 0.05) is 30.5 Å². The number of pyridine rings is 1. The highest BCUT2D eigenvalue weighted by atomic mass is 19.1.